The molecule has 0 aromatic heterocycles. The van der Waals surface area contributed by atoms with Crippen LogP contribution in [0.3, 0.4) is 0 Å². The fraction of sp³-hybridized carbons (Fsp3) is 0.850. The fourth-order valence-corrected chi connectivity index (χ4v) is 11.2. The number of carbonyl (C=O) groups is 1. The Balaban J connectivity index is 0.994. The number of nitrogens with zero attached hydrogens (tertiary/aromatic N) is 1. The van der Waals surface area contributed by atoms with E-state index in [0.717, 1.165) is 56.1 Å². The summed E-state index contributed by atoms with van der Waals surface area (Å²) in [6.07, 6.45) is 6.76. The van der Waals surface area contributed by atoms with E-state index in [2.05, 4.69) is 26.2 Å². The predicted octanol–water partition coefficient (Wildman–Crippen LogP) is 5.03. The largest absolute Gasteiger partial charge is 0.378 e. The Morgan fingerprint density at radius 1 is 0.784 bits per heavy atom. The molecule has 10 saturated heterocycles. The van der Waals surface area contributed by atoms with Gasteiger partial charge in [-0.3, -0.25) is 4.79 Å². The van der Waals surface area contributed by atoms with E-state index in [4.69, 9.17) is 42.6 Å². The van der Waals surface area contributed by atoms with Gasteiger partial charge in [0.05, 0.1) is 67.1 Å². The number of hydrogen-bond donors (Lipinski definition) is 0. The van der Waals surface area contributed by atoms with Gasteiger partial charge in [-0.1, -0.05) is 20.1 Å². The zero-order chi connectivity index (χ0) is 35.0. The van der Waals surface area contributed by atoms with E-state index in [9.17, 15) is 10.1 Å². The number of fused-ring (bicyclic) bond motifs is 6. The van der Waals surface area contributed by atoms with Gasteiger partial charge >= 0.3 is 0 Å². The molecule has 0 aliphatic carbocycles. The van der Waals surface area contributed by atoms with Crippen LogP contribution in [0.25, 0.3) is 0 Å². The van der Waals surface area contributed by atoms with Crippen molar-refractivity contribution in [3.8, 4) is 6.07 Å². The molecule has 12 bridgehead atoms. The van der Waals surface area contributed by atoms with E-state index in [1.54, 1.807) is 7.11 Å². The molecule has 1 spiro atoms. The molecule has 0 radical (unpaired) electrons. The van der Waals surface area contributed by atoms with Crippen molar-refractivity contribution in [1.82, 2.24) is 0 Å². The van der Waals surface area contributed by atoms with Crippen LogP contribution in [-0.2, 0) is 47.4 Å². The topological polar surface area (TPSA) is 124 Å². The second kappa shape index (κ2) is 13.8. The van der Waals surface area contributed by atoms with Crippen molar-refractivity contribution in [3.63, 3.8) is 0 Å². The average Bonchev–Trinajstić information content (AvgIpc) is 3.79. The van der Waals surface area contributed by atoms with Crippen LogP contribution in [0.4, 0.5) is 0 Å². The summed E-state index contributed by atoms with van der Waals surface area (Å²) in [6, 6.07) is 2.26. The first-order valence-electron chi connectivity index (χ1n) is 19.8. The van der Waals surface area contributed by atoms with E-state index in [1.165, 1.54) is 0 Å². The quantitative estimate of drug-likeness (QED) is 0.367. The summed E-state index contributed by atoms with van der Waals surface area (Å²) >= 11 is 0. The zero-order valence-electron chi connectivity index (χ0n) is 30.2. The van der Waals surface area contributed by atoms with Gasteiger partial charge in [0.1, 0.15) is 36.3 Å². The third-order valence-corrected chi connectivity index (χ3v) is 13.7. The Kier molecular flexibility index (Phi) is 9.51. The monoisotopic (exact) mass is 709 g/mol. The Bertz CT molecular complexity index is 1420. The van der Waals surface area contributed by atoms with Crippen molar-refractivity contribution in [3.05, 3.63) is 24.3 Å². The second-order valence-electron chi connectivity index (χ2n) is 17.0. The lowest BCUT2D eigenvalue weighted by atomic mass is 9.81. The van der Waals surface area contributed by atoms with Crippen LogP contribution in [0.15, 0.2) is 24.3 Å². The molecule has 10 aliphatic heterocycles. The van der Waals surface area contributed by atoms with Crippen molar-refractivity contribution in [2.45, 2.75) is 194 Å². The third-order valence-electron chi connectivity index (χ3n) is 13.7. The summed E-state index contributed by atoms with van der Waals surface area (Å²) in [4.78, 5) is 14.0. The molecule has 0 unspecified atom stereocenters. The first-order chi connectivity index (χ1) is 24.7. The van der Waals surface area contributed by atoms with Gasteiger partial charge in [0.2, 0.25) is 0 Å². The van der Waals surface area contributed by atoms with Gasteiger partial charge in [0, 0.05) is 51.6 Å². The summed E-state index contributed by atoms with van der Waals surface area (Å²) in [7, 11) is 1.68. The number of rotatable bonds is 3. The van der Waals surface area contributed by atoms with E-state index in [-0.39, 0.29) is 103 Å². The molecular formula is C40H55NO10. The van der Waals surface area contributed by atoms with Gasteiger partial charge in [-0.05, 0) is 68.4 Å². The molecule has 11 nitrogen and oxygen atoms in total. The molecular weight excluding hydrogens is 654 g/mol. The molecule has 11 heteroatoms. The predicted molar refractivity (Wildman–Crippen MR) is 181 cm³/mol. The molecule has 0 amide bonds. The highest BCUT2D eigenvalue weighted by Gasteiger charge is 2.68. The lowest BCUT2D eigenvalue weighted by Crippen LogP contribution is -2.61. The van der Waals surface area contributed by atoms with E-state index >= 15 is 0 Å². The lowest BCUT2D eigenvalue weighted by molar-refractivity contribution is -0.292. The molecule has 10 heterocycles. The van der Waals surface area contributed by atoms with Crippen molar-refractivity contribution < 1.29 is 47.4 Å². The highest BCUT2D eigenvalue weighted by molar-refractivity contribution is 5.79. The number of nitriles is 1. The highest BCUT2D eigenvalue weighted by atomic mass is 16.8. The van der Waals surface area contributed by atoms with Crippen LogP contribution in [-0.4, -0.2) is 110 Å². The SMILES string of the molecule is C=C1C[C@@H]2CC[C@@]34C[C@H]5O[C@H]6[C@@H](O3)[C@H]3O[C@H](CC[C@@H]3O[C@H]6[C@H]5O4)CC(=O)C[C@@H]3[C@@H](OC)[C@@H](CCC#N)O[C@H]3C[C@H]3O[C@@H](CC[C@@H]1O2)C[C@@H](C)C3=C. The van der Waals surface area contributed by atoms with Gasteiger partial charge in [0.15, 0.2) is 5.79 Å². The first-order valence-corrected chi connectivity index (χ1v) is 19.8. The van der Waals surface area contributed by atoms with Crippen molar-refractivity contribution in [2.75, 3.05) is 7.11 Å². The number of methoxy groups -OCH3 is 1. The number of hydrogen-bond acceptors (Lipinski definition) is 11. The van der Waals surface area contributed by atoms with Crippen molar-refractivity contribution >= 4 is 5.78 Å². The van der Waals surface area contributed by atoms with Gasteiger partial charge in [-0.15, -0.1) is 0 Å². The smallest absolute Gasteiger partial charge is 0.172 e. The van der Waals surface area contributed by atoms with Crippen LogP contribution >= 0.6 is 0 Å². The van der Waals surface area contributed by atoms with Crippen LogP contribution in [0.1, 0.15) is 96.8 Å². The zero-order valence-corrected chi connectivity index (χ0v) is 30.2. The first kappa shape index (κ1) is 35.0. The van der Waals surface area contributed by atoms with Crippen molar-refractivity contribution in [1.29, 1.82) is 5.26 Å². The molecule has 10 fully saturated rings. The van der Waals surface area contributed by atoms with E-state index in [0.29, 0.717) is 50.9 Å². The minimum Gasteiger partial charge on any atom is -0.378 e. The summed E-state index contributed by atoms with van der Waals surface area (Å²) < 4.78 is 60.0. The van der Waals surface area contributed by atoms with Gasteiger partial charge in [0.25, 0.3) is 0 Å². The molecule has 0 N–H and O–H groups in total. The Morgan fingerprint density at radius 2 is 1.55 bits per heavy atom. The lowest BCUT2D eigenvalue weighted by Gasteiger charge is -2.47. The number of ether oxygens (including phenoxy) is 9. The van der Waals surface area contributed by atoms with Crippen LogP contribution in [0, 0.1) is 23.2 Å². The maximum atomic E-state index is 14.0. The third kappa shape index (κ3) is 6.38. The Hall–Kier alpha value is -1.72. The fourth-order valence-electron chi connectivity index (χ4n) is 11.2. The molecule has 0 aromatic rings. The standard InChI is InChI=1S/C40H55NO10/c1-20-14-24-7-9-28-21(2)15-26(44-28)11-12-40-19-33-36(50-40)37-38(49-33)39(51-40)35-30(48-37)10-8-25(46-35)16-23(42)17-27-32(18-31(45-24)22(20)3)47-29(6-5-13-41)34(27)43-4/h20,24-39H,2-3,5-12,14-19H2,1,4H3/t20-,24+,25-,26+,27+,28+,29-,30+,31-,32+,33-,34-,35+,36+,37+,38-,39+,40+/m1/s1. The number of carbonyl (C=O) groups excluding carboxylic acids is 1. The van der Waals surface area contributed by atoms with Gasteiger partial charge in [-0.2, -0.15) is 5.26 Å². The summed E-state index contributed by atoms with van der Waals surface area (Å²) in [5.41, 5.74) is 2.22. The molecule has 280 valence electrons. The summed E-state index contributed by atoms with van der Waals surface area (Å²) in [5.74, 6) is -0.515. The van der Waals surface area contributed by atoms with Crippen molar-refractivity contribution in [2.24, 2.45) is 11.8 Å². The minimum atomic E-state index is -0.772. The van der Waals surface area contributed by atoms with E-state index in [1.807, 2.05) is 0 Å². The van der Waals surface area contributed by atoms with Crippen LogP contribution in [0.2, 0.25) is 0 Å². The maximum Gasteiger partial charge on any atom is 0.172 e. The number of ketones is 1. The molecule has 18 atom stereocenters. The van der Waals surface area contributed by atoms with Gasteiger partial charge < -0.3 is 42.6 Å². The average molecular weight is 710 g/mol. The second-order valence-corrected chi connectivity index (χ2v) is 17.0. The normalized spacial score (nSPS) is 52.3. The Labute approximate surface area is 301 Å². The van der Waals surface area contributed by atoms with E-state index < -0.39 is 5.79 Å². The van der Waals surface area contributed by atoms with Gasteiger partial charge in [-0.25, -0.2) is 0 Å². The minimum absolute atomic E-state index is 0.00543. The molecule has 51 heavy (non-hydrogen) atoms. The Morgan fingerprint density at radius 3 is 2.39 bits per heavy atom. The molecule has 10 aliphatic rings. The molecule has 0 saturated carbocycles. The van der Waals surface area contributed by atoms with Crippen LogP contribution < -0.4 is 0 Å². The molecule has 0 aromatic carbocycles. The van der Waals surface area contributed by atoms with Crippen LogP contribution in [0.5, 0.6) is 0 Å². The highest BCUT2D eigenvalue weighted by Crippen LogP contribution is 2.54. The summed E-state index contributed by atoms with van der Waals surface area (Å²) in [5, 5.41) is 9.39. The maximum absolute atomic E-state index is 14.0. The summed E-state index contributed by atoms with van der Waals surface area (Å²) in [6.45, 7) is 11.1. The molecule has 10 rings (SSSR count). The number of Topliss-reactive ketones (excluding diaryl/α,β-unsaturated/α-hetero) is 1.